The van der Waals surface area contributed by atoms with Gasteiger partial charge in [0.25, 0.3) is 14.1 Å². The van der Waals surface area contributed by atoms with Gasteiger partial charge in [0.05, 0.1) is 18.4 Å². The molecule has 0 saturated carbocycles. The van der Waals surface area contributed by atoms with Crippen molar-refractivity contribution in [3.63, 3.8) is 0 Å². The Balaban J connectivity index is 1.88. The predicted octanol–water partition coefficient (Wildman–Crippen LogP) is 0.893. The van der Waals surface area contributed by atoms with E-state index in [1.807, 2.05) is 39.3 Å². The molecule has 4 unspecified atom stereocenters. The average Bonchev–Trinajstić information content (AvgIpc) is 3.29. The minimum Gasteiger partial charge on any atom is -0.394 e. The van der Waals surface area contributed by atoms with Gasteiger partial charge < -0.3 is 24.4 Å². The number of aliphatic hydroxyl groups excluding tert-OH is 2. The highest BCUT2D eigenvalue weighted by Crippen LogP contribution is 2.45. The molecular formula is C19H33N6O6P. The molecule has 1 fully saturated rings. The molecule has 0 spiro atoms. The first-order valence-corrected chi connectivity index (χ1v) is 12.1. The van der Waals surface area contributed by atoms with Crippen LogP contribution < -0.4 is 5.56 Å². The van der Waals surface area contributed by atoms with Crippen LogP contribution in [0.5, 0.6) is 0 Å². The van der Waals surface area contributed by atoms with Crippen LogP contribution in [0, 0.1) is 0 Å². The number of fused-ring (bicyclic) bond motifs is 1. The molecule has 0 aromatic carbocycles. The van der Waals surface area contributed by atoms with Crippen LogP contribution in [-0.4, -0.2) is 75.4 Å². The standard InChI is InChI=1S/C19H33N6O6P/c1-6-7-13-17-18(23(10-27)21-13)19(28)24(22-20-17)16-8-14(15(9-26)30-16)31-32(29)25(11(2)3)12(4)5/h11-12,14-16,26-27,29H,6-10H2,1-5H3. The van der Waals surface area contributed by atoms with Gasteiger partial charge in [-0.15, -0.1) is 5.10 Å². The largest absolute Gasteiger partial charge is 0.394 e. The zero-order valence-electron chi connectivity index (χ0n) is 19.1. The Kier molecular flexibility index (Phi) is 8.31. The van der Waals surface area contributed by atoms with Crippen molar-refractivity contribution < 1.29 is 24.4 Å². The molecule has 1 aliphatic rings. The molecule has 0 aliphatic carbocycles. The molecule has 3 rings (SSSR count). The van der Waals surface area contributed by atoms with Gasteiger partial charge in [0, 0.05) is 18.5 Å². The summed E-state index contributed by atoms with van der Waals surface area (Å²) in [5, 5.41) is 31.9. The van der Waals surface area contributed by atoms with Crippen LogP contribution in [0.3, 0.4) is 0 Å². The molecule has 1 saturated heterocycles. The van der Waals surface area contributed by atoms with Gasteiger partial charge in [0.2, 0.25) is 0 Å². The lowest BCUT2D eigenvalue weighted by atomic mass is 10.2. The quantitative estimate of drug-likeness (QED) is 0.426. The number of rotatable bonds is 10. The van der Waals surface area contributed by atoms with Gasteiger partial charge in [0.15, 0.2) is 11.7 Å². The van der Waals surface area contributed by atoms with Crippen molar-refractivity contribution in [3.8, 4) is 0 Å². The third kappa shape index (κ3) is 4.86. The van der Waals surface area contributed by atoms with Gasteiger partial charge >= 0.3 is 0 Å². The molecule has 13 heteroatoms. The van der Waals surface area contributed by atoms with Crippen LogP contribution in [0.15, 0.2) is 4.79 Å². The van der Waals surface area contributed by atoms with Gasteiger partial charge in [0.1, 0.15) is 18.4 Å². The Morgan fingerprint density at radius 1 is 1.28 bits per heavy atom. The van der Waals surface area contributed by atoms with Crippen molar-refractivity contribution in [2.24, 2.45) is 0 Å². The molecule has 12 nitrogen and oxygen atoms in total. The second kappa shape index (κ2) is 10.6. The molecule has 2 aromatic rings. The summed E-state index contributed by atoms with van der Waals surface area (Å²) in [6, 6.07) is 0.118. The van der Waals surface area contributed by atoms with Gasteiger partial charge in [-0.05, 0) is 34.1 Å². The van der Waals surface area contributed by atoms with E-state index in [2.05, 4.69) is 15.4 Å². The summed E-state index contributed by atoms with van der Waals surface area (Å²) in [5.41, 5.74) is 0.603. The van der Waals surface area contributed by atoms with Crippen molar-refractivity contribution in [3.05, 3.63) is 16.0 Å². The molecule has 0 amide bonds. The van der Waals surface area contributed by atoms with Crippen molar-refractivity contribution in [1.29, 1.82) is 0 Å². The minimum absolute atomic E-state index is 0.0591. The summed E-state index contributed by atoms with van der Waals surface area (Å²) in [6.45, 7) is 9.04. The number of aliphatic hydroxyl groups is 2. The first-order chi connectivity index (χ1) is 15.2. The molecule has 1 aliphatic heterocycles. The molecular weight excluding hydrogens is 439 g/mol. The maximum atomic E-state index is 13.2. The van der Waals surface area contributed by atoms with Crippen LogP contribution in [0.25, 0.3) is 11.0 Å². The number of ether oxygens (including phenoxy) is 1. The summed E-state index contributed by atoms with van der Waals surface area (Å²) in [7, 11) is -1.93. The molecule has 4 atom stereocenters. The molecule has 3 heterocycles. The van der Waals surface area contributed by atoms with Gasteiger partial charge in [-0.1, -0.05) is 18.6 Å². The molecule has 3 N–H and O–H groups in total. The normalized spacial score (nSPS) is 22.7. The average molecular weight is 472 g/mol. The highest BCUT2D eigenvalue weighted by atomic mass is 31.2. The minimum atomic E-state index is -1.93. The lowest BCUT2D eigenvalue weighted by Crippen LogP contribution is -2.35. The molecule has 0 radical (unpaired) electrons. The maximum Gasteiger partial charge on any atom is 0.298 e. The first-order valence-electron chi connectivity index (χ1n) is 10.9. The zero-order chi connectivity index (χ0) is 23.6. The fourth-order valence-electron chi connectivity index (χ4n) is 4.05. The SMILES string of the molecule is CCCc1nn(CO)c2c(=O)n(C3CC(OP(O)N(C(C)C)C(C)C)C(CO)O3)nnc12. The van der Waals surface area contributed by atoms with Gasteiger partial charge in [-0.25, -0.2) is 9.35 Å². The van der Waals surface area contributed by atoms with Crippen LogP contribution in [0.1, 0.15) is 59.4 Å². The van der Waals surface area contributed by atoms with Crippen molar-refractivity contribution in [2.75, 3.05) is 6.61 Å². The van der Waals surface area contributed by atoms with E-state index >= 15 is 0 Å². The summed E-state index contributed by atoms with van der Waals surface area (Å²) in [6.07, 6.45) is -0.604. The van der Waals surface area contributed by atoms with E-state index in [1.165, 1.54) is 4.68 Å². The maximum absolute atomic E-state index is 13.2. The van der Waals surface area contributed by atoms with E-state index in [9.17, 15) is 19.9 Å². The summed E-state index contributed by atoms with van der Waals surface area (Å²) < 4.78 is 15.9. The van der Waals surface area contributed by atoms with E-state index in [-0.39, 0.29) is 30.6 Å². The molecule has 180 valence electrons. The highest BCUT2D eigenvalue weighted by Gasteiger charge is 2.41. The number of aromatic nitrogens is 5. The monoisotopic (exact) mass is 472 g/mol. The Hall–Kier alpha value is -1.53. The second-order valence-electron chi connectivity index (χ2n) is 8.39. The topological polar surface area (TPSA) is 148 Å². The third-order valence-corrected chi connectivity index (χ3v) is 7.17. The Bertz CT molecular complexity index is 958. The van der Waals surface area contributed by atoms with E-state index in [0.717, 1.165) is 11.1 Å². The van der Waals surface area contributed by atoms with Crippen molar-refractivity contribution >= 4 is 19.6 Å². The number of hydrogen-bond acceptors (Lipinski definition) is 10. The predicted molar refractivity (Wildman–Crippen MR) is 118 cm³/mol. The zero-order valence-corrected chi connectivity index (χ0v) is 20.0. The molecule has 0 bridgehead atoms. The second-order valence-corrected chi connectivity index (χ2v) is 9.56. The number of aryl methyl sites for hydroxylation is 1. The lowest BCUT2D eigenvalue weighted by molar-refractivity contribution is -0.0483. The first kappa shape index (κ1) is 25.1. The van der Waals surface area contributed by atoms with E-state index in [0.29, 0.717) is 17.6 Å². The van der Waals surface area contributed by atoms with Crippen molar-refractivity contribution in [2.45, 2.75) is 91.1 Å². The Labute approximate surface area is 187 Å². The number of hydrogen-bond donors (Lipinski definition) is 3. The van der Waals surface area contributed by atoms with E-state index in [4.69, 9.17) is 9.26 Å². The van der Waals surface area contributed by atoms with Gasteiger partial charge in [-0.2, -0.15) is 9.78 Å². The van der Waals surface area contributed by atoms with Gasteiger partial charge in [-0.3, -0.25) is 4.79 Å². The van der Waals surface area contributed by atoms with E-state index < -0.39 is 39.3 Å². The molecule has 32 heavy (non-hydrogen) atoms. The van der Waals surface area contributed by atoms with Crippen LogP contribution in [0.2, 0.25) is 0 Å². The van der Waals surface area contributed by atoms with E-state index in [1.54, 1.807) is 0 Å². The number of nitrogens with zero attached hydrogens (tertiary/aromatic N) is 6. The highest BCUT2D eigenvalue weighted by molar-refractivity contribution is 7.43. The summed E-state index contributed by atoms with van der Waals surface area (Å²) in [5.74, 6) is 0. The van der Waals surface area contributed by atoms with Crippen LogP contribution in [-0.2, 0) is 22.4 Å². The fourth-order valence-corrected chi connectivity index (χ4v) is 5.41. The molecule has 2 aromatic heterocycles. The van der Waals surface area contributed by atoms with Crippen molar-refractivity contribution in [1.82, 2.24) is 29.4 Å². The lowest BCUT2D eigenvalue weighted by Gasteiger charge is -2.34. The van der Waals surface area contributed by atoms with Crippen LogP contribution >= 0.6 is 8.53 Å². The Morgan fingerprint density at radius 2 is 1.97 bits per heavy atom. The summed E-state index contributed by atoms with van der Waals surface area (Å²) in [4.78, 5) is 23.9. The van der Waals surface area contributed by atoms with Crippen LogP contribution in [0.4, 0.5) is 0 Å². The fraction of sp³-hybridized carbons (Fsp3) is 0.789. The Morgan fingerprint density at radius 3 is 2.53 bits per heavy atom. The summed E-state index contributed by atoms with van der Waals surface area (Å²) >= 11 is 0. The third-order valence-electron chi connectivity index (χ3n) is 5.39. The smallest absolute Gasteiger partial charge is 0.298 e.